The van der Waals surface area contributed by atoms with Crippen molar-refractivity contribution in [2.75, 3.05) is 52.2 Å². The highest BCUT2D eigenvalue weighted by molar-refractivity contribution is 5.94. The van der Waals surface area contributed by atoms with E-state index in [2.05, 4.69) is 41.0 Å². The highest BCUT2D eigenvalue weighted by atomic mass is 16.5. The number of rotatable bonds is 10. The molecule has 156 valence electrons. The van der Waals surface area contributed by atoms with Crippen LogP contribution in [0, 0.1) is 0 Å². The Kier molecular flexibility index (Phi) is 9.23. The van der Waals surface area contributed by atoms with Gasteiger partial charge in [-0.15, -0.1) is 0 Å². The number of aliphatic imine (C=N–C) groups is 1. The molecular weight excluding hydrogens is 354 g/mol. The smallest absolute Gasteiger partial charge is 0.225 e. The average molecular weight is 390 g/mol. The summed E-state index contributed by atoms with van der Waals surface area (Å²) in [4.78, 5) is 18.9. The van der Waals surface area contributed by atoms with Gasteiger partial charge in [-0.1, -0.05) is 18.2 Å². The molecule has 0 saturated heterocycles. The van der Waals surface area contributed by atoms with E-state index in [4.69, 9.17) is 9.73 Å². The maximum atomic E-state index is 12.0. The van der Waals surface area contributed by atoms with Crippen LogP contribution in [0.3, 0.4) is 0 Å². The van der Waals surface area contributed by atoms with E-state index in [1.165, 1.54) is 5.56 Å². The SMILES string of the molecule is CCNC(=NCC(CCN(C)C)OCC)NCC1CC(=O)Nc2ccccc21. The summed E-state index contributed by atoms with van der Waals surface area (Å²) in [5, 5.41) is 9.65. The number of hydrogen-bond donors (Lipinski definition) is 3. The molecule has 0 fully saturated rings. The fourth-order valence-corrected chi connectivity index (χ4v) is 3.30. The van der Waals surface area contributed by atoms with Crippen LogP contribution >= 0.6 is 0 Å². The van der Waals surface area contributed by atoms with Crippen LogP contribution in [-0.4, -0.2) is 69.8 Å². The van der Waals surface area contributed by atoms with Gasteiger partial charge in [-0.05, 0) is 46.0 Å². The largest absolute Gasteiger partial charge is 0.377 e. The zero-order valence-corrected chi connectivity index (χ0v) is 17.6. The normalized spacial score (nSPS) is 17.8. The van der Waals surface area contributed by atoms with Gasteiger partial charge < -0.3 is 25.6 Å². The Bertz CT molecular complexity index is 647. The third-order valence-electron chi connectivity index (χ3n) is 4.72. The van der Waals surface area contributed by atoms with Crippen molar-refractivity contribution < 1.29 is 9.53 Å². The molecule has 0 saturated carbocycles. The second-order valence-corrected chi connectivity index (χ2v) is 7.31. The summed E-state index contributed by atoms with van der Waals surface area (Å²) in [5.74, 6) is 0.957. The average Bonchev–Trinajstić information content (AvgIpc) is 2.67. The van der Waals surface area contributed by atoms with E-state index in [0.29, 0.717) is 26.1 Å². The van der Waals surface area contributed by atoms with Gasteiger partial charge in [-0.2, -0.15) is 0 Å². The van der Waals surface area contributed by atoms with Crippen molar-refractivity contribution in [1.29, 1.82) is 0 Å². The van der Waals surface area contributed by atoms with Gasteiger partial charge in [0, 0.05) is 44.3 Å². The molecule has 2 unspecified atom stereocenters. The molecule has 1 aliphatic rings. The molecular formula is C21H35N5O2. The third kappa shape index (κ3) is 7.13. The number of anilines is 1. The Morgan fingerprint density at radius 3 is 2.82 bits per heavy atom. The molecule has 2 atom stereocenters. The number of ether oxygens (including phenoxy) is 1. The van der Waals surface area contributed by atoms with E-state index in [1.807, 2.05) is 32.0 Å². The van der Waals surface area contributed by atoms with E-state index in [1.54, 1.807) is 0 Å². The summed E-state index contributed by atoms with van der Waals surface area (Å²) in [6.45, 7) is 7.77. The van der Waals surface area contributed by atoms with Gasteiger partial charge >= 0.3 is 0 Å². The predicted molar refractivity (Wildman–Crippen MR) is 115 cm³/mol. The molecule has 0 aliphatic carbocycles. The molecule has 0 aromatic heterocycles. The van der Waals surface area contributed by atoms with Crippen molar-refractivity contribution in [2.45, 2.75) is 38.7 Å². The number of guanidine groups is 1. The van der Waals surface area contributed by atoms with E-state index in [0.717, 1.165) is 31.2 Å². The summed E-state index contributed by atoms with van der Waals surface area (Å²) >= 11 is 0. The van der Waals surface area contributed by atoms with Crippen LogP contribution < -0.4 is 16.0 Å². The molecule has 2 rings (SSSR count). The first-order valence-electron chi connectivity index (χ1n) is 10.2. The van der Waals surface area contributed by atoms with Crippen LogP contribution in [0.1, 0.15) is 38.2 Å². The number of nitrogens with one attached hydrogen (secondary N) is 3. The van der Waals surface area contributed by atoms with Crippen molar-refractivity contribution in [1.82, 2.24) is 15.5 Å². The summed E-state index contributed by atoms with van der Waals surface area (Å²) in [5.41, 5.74) is 2.08. The Morgan fingerprint density at radius 1 is 1.32 bits per heavy atom. The van der Waals surface area contributed by atoms with Crippen LogP contribution in [-0.2, 0) is 9.53 Å². The first kappa shape index (κ1) is 22.2. The minimum atomic E-state index is 0.0625. The monoisotopic (exact) mass is 389 g/mol. The first-order chi connectivity index (χ1) is 13.5. The Balaban J connectivity index is 1.98. The molecule has 1 aliphatic heterocycles. The van der Waals surface area contributed by atoms with Crippen molar-refractivity contribution >= 4 is 17.6 Å². The van der Waals surface area contributed by atoms with Gasteiger partial charge in [0.15, 0.2) is 5.96 Å². The number of carbonyl (C=O) groups excluding carboxylic acids is 1. The molecule has 0 radical (unpaired) electrons. The number of carbonyl (C=O) groups is 1. The molecule has 1 amide bonds. The third-order valence-corrected chi connectivity index (χ3v) is 4.72. The fraction of sp³-hybridized carbons (Fsp3) is 0.619. The Hall–Kier alpha value is -2.12. The van der Waals surface area contributed by atoms with E-state index >= 15 is 0 Å². The summed E-state index contributed by atoms with van der Waals surface area (Å²) in [6, 6.07) is 8.00. The maximum Gasteiger partial charge on any atom is 0.225 e. The highest BCUT2D eigenvalue weighted by Crippen LogP contribution is 2.31. The summed E-state index contributed by atoms with van der Waals surface area (Å²) in [6.07, 6.45) is 1.53. The lowest BCUT2D eigenvalue weighted by Crippen LogP contribution is -2.41. The molecule has 1 heterocycles. The second kappa shape index (κ2) is 11.7. The van der Waals surface area contributed by atoms with Crippen molar-refractivity contribution in [3.63, 3.8) is 0 Å². The molecule has 7 heteroatoms. The van der Waals surface area contributed by atoms with Gasteiger partial charge in [0.25, 0.3) is 0 Å². The van der Waals surface area contributed by atoms with Gasteiger partial charge in [-0.3, -0.25) is 9.79 Å². The molecule has 1 aromatic rings. The molecule has 1 aromatic carbocycles. The van der Waals surface area contributed by atoms with Crippen LogP contribution in [0.25, 0.3) is 0 Å². The van der Waals surface area contributed by atoms with Gasteiger partial charge in [0.2, 0.25) is 5.91 Å². The van der Waals surface area contributed by atoms with E-state index in [-0.39, 0.29) is 17.9 Å². The van der Waals surface area contributed by atoms with Gasteiger partial charge in [0.1, 0.15) is 0 Å². The predicted octanol–water partition coefficient (Wildman–Crippen LogP) is 2.02. The standard InChI is InChI=1S/C21H35N5O2/c1-5-22-21(24-15-17(28-6-2)11-12-26(3)4)23-14-16-13-20(27)25-19-10-8-7-9-18(16)19/h7-10,16-17H,5-6,11-15H2,1-4H3,(H,25,27)(H2,22,23,24). The van der Waals surface area contributed by atoms with Gasteiger partial charge in [0.05, 0.1) is 12.6 Å². The second-order valence-electron chi connectivity index (χ2n) is 7.31. The lowest BCUT2D eigenvalue weighted by Gasteiger charge is -2.26. The number of amides is 1. The lowest BCUT2D eigenvalue weighted by molar-refractivity contribution is -0.116. The minimum absolute atomic E-state index is 0.0625. The first-order valence-corrected chi connectivity index (χ1v) is 10.2. The highest BCUT2D eigenvalue weighted by Gasteiger charge is 2.24. The summed E-state index contributed by atoms with van der Waals surface area (Å²) in [7, 11) is 4.13. The maximum absolute atomic E-state index is 12.0. The van der Waals surface area contributed by atoms with Crippen molar-refractivity contribution in [3.8, 4) is 0 Å². The zero-order chi connectivity index (χ0) is 20.4. The van der Waals surface area contributed by atoms with E-state index < -0.39 is 0 Å². The Labute approximate surface area is 168 Å². The quantitative estimate of drug-likeness (QED) is 0.422. The topological polar surface area (TPSA) is 78.0 Å². The molecule has 28 heavy (non-hydrogen) atoms. The number of para-hydroxylation sites is 1. The minimum Gasteiger partial charge on any atom is -0.377 e. The Morgan fingerprint density at radius 2 is 2.11 bits per heavy atom. The van der Waals surface area contributed by atoms with Crippen LogP contribution in [0.4, 0.5) is 5.69 Å². The van der Waals surface area contributed by atoms with E-state index in [9.17, 15) is 4.79 Å². The molecule has 3 N–H and O–H groups in total. The number of hydrogen-bond acceptors (Lipinski definition) is 4. The fourth-order valence-electron chi connectivity index (χ4n) is 3.30. The van der Waals surface area contributed by atoms with Crippen LogP contribution in [0.2, 0.25) is 0 Å². The lowest BCUT2D eigenvalue weighted by atomic mass is 9.90. The van der Waals surface area contributed by atoms with Crippen molar-refractivity contribution in [3.05, 3.63) is 29.8 Å². The molecule has 0 bridgehead atoms. The van der Waals surface area contributed by atoms with Crippen LogP contribution in [0.5, 0.6) is 0 Å². The zero-order valence-electron chi connectivity index (χ0n) is 17.6. The summed E-state index contributed by atoms with van der Waals surface area (Å²) < 4.78 is 5.83. The molecule has 0 spiro atoms. The van der Waals surface area contributed by atoms with Gasteiger partial charge in [-0.25, -0.2) is 0 Å². The van der Waals surface area contributed by atoms with Crippen LogP contribution in [0.15, 0.2) is 29.3 Å². The molecule has 7 nitrogen and oxygen atoms in total. The number of fused-ring (bicyclic) bond motifs is 1. The number of benzene rings is 1. The van der Waals surface area contributed by atoms with Crippen molar-refractivity contribution in [2.24, 2.45) is 4.99 Å². The number of nitrogens with zero attached hydrogens (tertiary/aromatic N) is 2.